The van der Waals surface area contributed by atoms with Crippen molar-refractivity contribution < 1.29 is 9.13 Å². The first-order chi connectivity index (χ1) is 17.5. The maximum atomic E-state index is 14.3. The predicted molar refractivity (Wildman–Crippen MR) is 140 cm³/mol. The summed E-state index contributed by atoms with van der Waals surface area (Å²) in [7, 11) is 3.90. The Kier molecular flexibility index (Phi) is 7.32. The molecule has 2 fully saturated rings. The van der Waals surface area contributed by atoms with E-state index >= 15 is 0 Å². The molecule has 0 bridgehead atoms. The summed E-state index contributed by atoms with van der Waals surface area (Å²) in [6, 6.07) is 12.2. The van der Waals surface area contributed by atoms with Gasteiger partial charge in [-0.05, 0) is 36.6 Å². The normalized spacial score (nSPS) is 19.2. The van der Waals surface area contributed by atoms with Crippen molar-refractivity contribution in [2.24, 2.45) is 7.05 Å². The van der Waals surface area contributed by atoms with Crippen LogP contribution in [0.5, 0.6) is 0 Å². The van der Waals surface area contributed by atoms with Crippen LogP contribution in [0.1, 0.15) is 50.2 Å². The quantitative estimate of drug-likeness (QED) is 0.482. The highest BCUT2D eigenvalue weighted by molar-refractivity contribution is 5.60. The molecule has 1 aromatic carbocycles. The molecule has 2 aliphatic rings. The lowest BCUT2D eigenvalue weighted by Crippen LogP contribution is -2.41. The van der Waals surface area contributed by atoms with Gasteiger partial charge in [0.1, 0.15) is 6.10 Å². The molecule has 1 atom stereocenters. The van der Waals surface area contributed by atoms with Gasteiger partial charge in [-0.3, -0.25) is 14.3 Å². The van der Waals surface area contributed by atoms with Crippen LogP contribution in [-0.4, -0.2) is 47.3 Å². The van der Waals surface area contributed by atoms with Crippen molar-refractivity contribution in [3.63, 3.8) is 0 Å². The van der Waals surface area contributed by atoms with E-state index in [0.29, 0.717) is 37.4 Å². The molecule has 3 aromatic rings. The molecule has 0 radical (unpaired) electrons. The summed E-state index contributed by atoms with van der Waals surface area (Å²) in [5.41, 5.74) is 2.66. The summed E-state index contributed by atoms with van der Waals surface area (Å²) < 4.78 is 22.0. The Morgan fingerprint density at radius 3 is 2.56 bits per heavy atom. The minimum atomic E-state index is -0.502. The molecule has 1 saturated carbocycles. The van der Waals surface area contributed by atoms with Crippen molar-refractivity contribution in [3.8, 4) is 11.3 Å². The minimum absolute atomic E-state index is 0.144. The Morgan fingerprint density at radius 2 is 1.83 bits per heavy atom. The van der Waals surface area contributed by atoms with Crippen LogP contribution in [0.2, 0.25) is 0 Å². The zero-order chi connectivity index (χ0) is 25.1. The number of aromatic nitrogens is 3. The number of nitrogens with zero attached hydrogens (tertiary/aromatic N) is 5. The van der Waals surface area contributed by atoms with E-state index < -0.39 is 5.82 Å². The average Bonchev–Trinajstić information content (AvgIpc) is 3.20. The molecule has 0 amide bonds. The lowest BCUT2D eigenvalue weighted by atomic mass is 10.0. The van der Waals surface area contributed by atoms with Gasteiger partial charge in [-0.2, -0.15) is 0 Å². The van der Waals surface area contributed by atoms with Crippen LogP contribution in [0.15, 0.2) is 53.6 Å². The van der Waals surface area contributed by atoms with Crippen LogP contribution in [0.3, 0.4) is 0 Å². The van der Waals surface area contributed by atoms with Crippen LogP contribution >= 0.6 is 0 Å². The number of benzene rings is 1. The molecule has 5 rings (SSSR count). The van der Waals surface area contributed by atoms with Crippen molar-refractivity contribution in [2.75, 3.05) is 36.5 Å². The third-order valence-electron chi connectivity index (χ3n) is 7.55. The van der Waals surface area contributed by atoms with Gasteiger partial charge in [-0.25, -0.2) is 9.37 Å². The van der Waals surface area contributed by atoms with Gasteiger partial charge in [0.2, 0.25) is 5.95 Å². The molecule has 1 aliphatic heterocycles. The van der Waals surface area contributed by atoms with Crippen LogP contribution < -0.4 is 15.4 Å². The summed E-state index contributed by atoms with van der Waals surface area (Å²) in [5, 5.41) is 0. The van der Waals surface area contributed by atoms with Crippen molar-refractivity contribution in [2.45, 2.75) is 50.7 Å². The maximum Gasteiger partial charge on any atom is 0.255 e. The Labute approximate surface area is 211 Å². The molecule has 2 aromatic heterocycles. The van der Waals surface area contributed by atoms with Crippen LogP contribution in [0.4, 0.5) is 16.0 Å². The second-order valence-electron chi connectivity index (χ2n) is 9.85. The van der Waals surface area contributed by atoms with Gasteiger partial charge in [-0.1, -0.05) is 37.8 Å². The molecule has 1 aliphatic carbocycles. The smallest absolute Gasteiger partial charge is 0.255 e. The maximum absolute atomic E-state index is 14.3. The predicted octanol–water partition coefficient (Wildman–Crippen LogP) is 4.72. The molecule has 0 unspecified atom stereocenters. The Hall–Kier alpha value is -3.26. The lowest BCUT2D eigenvalue weighted by Gasteiger charge is -2.35. The zero-order valence-electron chi connectivity index (χ0n) is 21.1. The Balaban J connectivity index is 1.34. The standard InChI is InChI=1S/C28H34FN5O2/c1-32(21-7-5-3-4-6-8-21)22-11-9-20(10-12-22)26-19-34(15-16-36-26)28-31-25(17-27(35)33(28)2)23-13-14-30-18-24(23)29/h9-14,17-18,21,26H,3-8,15-16,19H2,1-2H3/t26-/m1/s1. The number of rotatable bonds is 5. The van der Waals surface area contributed by atoms with Gasteiger partial charge in [0, 0.05) is 50.2 Å². The first kappa shape index (κ1) is 24.4. The fourth-order valence-electron chi connectivity index (χ4n) is 5.34. The zero-order valence-corrected chi connectivity index (χ0v) is 21.1. The van der Waals surface area contributed by atoms with E-state index in [1.54, 1.807) is 7.05 Å². The van der Waals surface area contributed by atoms with Gasteiger partial charge < -0.3 is 14.5 Å². The van der Waals surface area contributed by atoms with Gasteiger partial charge in [0.05, 0.1) is 25.0 Å². The third kappa shape index (κ3) is 5.14. The molecule has 0 N–H and O–H groups in total. The number of hydrogen-bond acceptors (Lipinski definition) is 6. The van der Waals surface area contributed by atoms with Crippen molar-refractivity contribution in [3.05, 3.63) is 70.5 Å². The number of pyridine rings is 1. The van der Waals surface area contributed by atoms with Gasteiger partial charge in [0.15, 0.2) is 5.82 Å². The van der Waals surface area contributed by atoms with Crippen molar-refractivity contribution in [1.29, 1.82) is 0 Å². The first-order valence-electron chi connectivity index (χ1n) is 12.9. The van der Waals surface area contributed by atoms with Gasteiger partial charge in [0.25, 0.3) is 5.56 Å². The molecule has 36 heavy (non-hydrogen) atoms. The largest absolute Gasteiger partial charge is 0.372 e. The molecule has 1 saturated heterocycles. The molecule has 8 heteroatoms. The number of ether oxygens (including phenoxy) is 1. The molecular formula is C28H34FN5O2. The van der Waals surface area contributed by atoms with Crippen LogP contribution in [0.25, 0.3) is 11.3 Å². The summed E-state index contributed by atoms with van der Waals surface area (Å²) in [5.74, 6) is 0.00435. The third-order valence-corrected chi connectivity index (χ3v) is 7.55. The number of hydrogen-bond donors (Lipinski definition) is 0. The Morgan fingerprint density at radius 1 is 1.08 bits per heavy atom. The second-order valence-corrected chi connectivity index (χ2v) is 9.85. The summed E-state index contributed by atoms with van der Waals surface area (Å²) >= 11 is 0. The van der Waals surface area contributed by atoms with E-state index in [9.17, 15) is 9.18 Å². The lowest BCUT2D eigenvalue weighted by molar-refractivity contribution is 0.0390. The van der Waals surface area contributed by atoms with E-state index in [4.69, 9.17) is 4.74 Å². The van der Waals surface area contributed by atoms with Gasteiger partial charge in [-0.15, -0.1) is 0 Å². The van der Waals surface area contributed by atoms with Gasteiger partial charge >= 0.3 is 0 Å². The van der Waals surface area contributed by atoms with E-state index in [2.05, 4.69) is 46.2 Å². The van der Waals surface area contributed by atoms with Crippen molar-refractivity contribution in [1.82, 2.24) is 14.5 Å². The average molecular weight is 492 g/mol. The summed E-state index contributed by atoms with van der Waals surface area (Å²) in [4.78, 5) is 25.7. The highest BCUT2D eigenvalue weighted by Crippen LogP contribution is 2.30. The first-order valence-corrected chi connectivity index (χ1v) is 12.9. The van der Waals surface area contributed by atoms with Crippen LogP contribution in [-0.2, 0) is 11.8 Å². The monoisotopic (exact) mass is 491 g/mol. The van der Waals surface area contributed by atoms with Crippen LogP contribution in [0, 0.1) is 5.82 Å². The highest BCUT2D eigenvalue weighted by atomic mass is 19.1. The Bertz CT molecular complexity index is 1240. The van der Waals surface area contributed by atoms with E-state index in [-0.39, 0.29) is 17.2 Å². The summed E-state index contributed by atoms with van der Waals surface area (Å²) in [6.07, 6.45) is 10.3. The number of morpholine rings is 1. The molecular weight excluding hydrogens is 457 g/mol. The fourth-order valence-corrected chi connectivity index (χ4v) is 5.34. The topological polar surface area (TPSA) is 63.5 Å². The molecule has 0 spiro atoms. The van der Waals surface area contributed by atoms with Crippen molar-refractivity contribution >= 4 is 11.6 Å². The van der Waals surface area contributed by atoms with E-state index in [1.165, 1.54) is 67.1 Å². The van der Waals surface area contributed by atoms with E-state index in [1.807, 2.05) is 4.90 Å². The van der Waals surface area contributed by atoms with E-state index in [0.717, 1.165) is 11.8 Å². The SMILES string of the molecule is CN(c1ccc([C@H]2CN(c3nc(-c4ccncc4F)cc(=O)n3C)CCO2)cc1)C1CCCCCC1. The highest BCUT2D eigenvalue weighted by Gasteiger charge is 2.26. The fraction of sp³-hybridized carbons (Fsp3) is 0.464. The molecule has 7 nitrogen and oxygen atoms in total. The molecule has 190 valence electrons. The molecule has 3 heterocycles. The summed E-state index contributed by atoms with van der Waals surface area (Å²) in [6.45, 7) is 1.67. The second kappa shape index (κ2) is 10.8. The number of halogens is 1. The number of anilines is 2. The minimum Gasteiger partial charge on any atom is -0.372 e.